The molecule has 0 atom stereocenters. The highest BCUT2D eigenvalue weighted by Crippen LogP contribution is 2.35. The molecule has 2 aromatic rings. The number of hydrogen-bond donors (Lipinski definition) is 3. The van der Waals surface area contributed by atoms with E-state index in [9.17, 15) is 8.42 Å². The first kappa shape index (κ1) is 16.4. The van der Waals surface area contributed by atoms with E-state index in [1.807, 2.05) is 0 Å². The van der Waals surface area contributed by atoms with E-state index in [1.54, 1.807) is 30.3 Å². The first-order valence-electron chi connectivity index (χ1n) is 5.58. The number of para-hydroxylation sites is 1. The zero-order valence-electron chi connectivity index (χ0n) is 10.4. The van der Waals surface area contributed by atoms with Gasteiger partial charge in [-0.25, -0.2) is 8.42 Å². The normalized spacial score (nSPS) is 11.2. The first-order valence-corrected chi connectivity index (χ1v) is 8.61. The molecule has 0 saturated heterocycles. The van der Waals surface area contributed by atoms with E-state index >= 15 is 0 Å². The highest BCUT2D eigenvalue weighted by atomic mass is 79.9. The van der Waals surface area contributed by atoms with Gasteiger partial charge in [0, 0.05) is 4.47 Å². The Bertz CT molecular complexity index is 761. The quantitative estimate of drug-likeness (QED) is 0.528. The van der Waals surface area contributed by atoms with Gasteiger partial charge in [-0.1, -0.05) is 51.3 Å². The molecule has 0 spiro atoms. The fraction of sp³-hybridized carbons (Fsp3) is 0. The molecule has 0 saturated carbocycles. The molecule has 0 aromatic heterocycles. The standard InChI is InChI=1S/C12H10BrCl2N3O2S/c13-7-5-8(14)12(9(15)6-7)18-21(19,20)11-4-2-1-3-10(11)17-16/h1-6,17-18H,16H2. The smallest absolute Gasteiger partial charge is 0.264 e. The fourth-order valence-electron chi connectivity index (χ4n) is 1.65. The SMILES string of the molecule is NNc1ccccc1S(=O)(=O)Nc1c(Cl)cc(Br)cc1Cl. The van der Waals surface area contributed by atoms with Crippen molar-refractivity contribution in [1.82, 2.24) is 0 Å². The number of hydrogen-bond acceptors (Lipinski definition) is 4. The maximum absolute atomic E-state index is 12.4. The van der Waals surface area contributed by atoms with Gasteiger partial charge in [-0.15, -0.1) is 0 Å². The van der Waals surface area contributed by atoms with Crippen LogP contribution in [0.3, 0.4) is 0 Å². The van der Waals surface area contributed by atoms with Crippen molar-refractivity contribution in [3.63, 3.8) is 0 Å². The third kappa shape index (κ3) is 3.61. The van der Waals surface area contributed by atoms with Crippen LogP contribution in [0.4, 0.5) is 11.4 Å². The summed E-state index contributed by atoms with van der Waals surface area (Å²) in [7, 11) is -3.89. The molecule has 0 aliphatic carbocycles. The van der Waals surface area contributed by atoms with E-state index in [4.69, 9.17) is 29.0 Å². The number of nitrogen functional groups attached to an aromatic ring is 1. The molecule has 9 heteroatoms. The number of sulfonamides is 1. The van der Waals surface area contributed by atoms with Gasteiger partial charge < -0.3 is 5.43 Å². The summed E-state index contributed by atoms with van der Waals surface area (Å²) in [6.45, 7) is 0. The van der Waals surface area contributed by atoms with Crippen LogP contribution in [0.15, 0.2) is 45.8 Å². The largest absolute Gasteiger partial charge is 0.323 e. The van der Waals surface area contributed by atoms with Gasteiger partial charge in [-0.05, 0) is 24.3 Å². The molecular formula is C12H10BrCl2N3O2S. The van der Waals surface area contributed by atoms with Crippen LogP contribution in [0.1, 0.15) is 0 Å². The summed E-state index contributed by atoms with van der Waals surface area (Å²) in [6.07, 6.45) is 0. The summed E-state index contributed by atoms with van der Waals surface area (Å²) in [4.78, 5) is -0.0115. The molecule has 0 aliphatic rings. The molecule has 21 heavy (non-hydrogen) atoms. The van der Waals surface area contributed by atoms with Crippen LogP contribution in [0.5, 0.6) is 0 Å². The summed E-state index contributed by atoms with van der Waals surface area (Å²) in [5, 5.41) is 0.354. The molecular weight excluding hydrogens is 401 g/mol. The van der Waals surface area contributed by atoms with Crippen molar-refractivity contribution in [2.75, 3.05) is 10.1 Å². The van der Waals surface area contributed by atoms with Crippen LogP contribution in [0, 0.1) is 0 Å². The summed E-state index contributed by atoms with van der Waals surface area (Å²) >= 11 is 15.3. The molecule has 2 rings (SSSR count). The Morgan fingerprint density at radius 3 is 2.24 bits per heavy atom. The van der Waals surface area contributed by atoms with Gasteiger partial charge in [-0.2, -0.15) is 0 Å². The fourth-order valence-corrected chi connectivity index (χ4v) is 4.34. The van der Waals surface area contributed by atoms with Crippen molar-refractivity contribution in [1.29, 1.82) is 0 Å². The molecule has 4 N–H and O–H groups in total. The molecule has 0 bridgehead atoms. The minimum atomic E-state index is -3.89. The van der Waals surface area contributed by atoms with Gasteiger partial charge in [0.25, 0.3) is 10.0 Å². The Labute approximate surface area is 140 Å². The number of nitrogens with two attached hydrogens (primary N) is 1. The van der Waals surface area contributed by atoms with Gasteiger partial charge in [0.2, 0.25) is 0 Å². The monoisotopic (exact) mass is 409 g/mol. The maximum atomic E-state index is 12.4. The van der Waals surface area contributed by atoms with Crippen molar-refractivity contribution < 1.29 is 8.42 Å². The van der Waals surface area contributed by atoms with Gasteiger partial charge >= 0.3 is 0 Å². The van der Waals surface area contributed by atoms with Crippen LogP contribution in [-0.4, -0.2) is 8.42 Å². The van der Waals surface area contributed by atoms with Crippen LogP contribution < -0.4 is 16.0 Å². The average Bonchev–Trinajstić information content (AvgIpc) is 2.43. The van der Waals surface area contributed by atoms with Gasteiger partial charge in [-0.3, -0.25) is 10.6 Å². The molecule has 2 aromatic carbocycles. The topological polar surface area (TPSA) is 84.2 Å². The Morgan fingerprint density at radius 1 is 1.10 bits per heavy atom. The molecule has 112 valence electrons. The summed E-state index contributed by atoms with van der Waals surface area (Å²) in [6, 6.07) is 9.28. The highest BCUT2D eigenvalue weighted by molar-refractivity contribution is 9.10. The molecule has 0 fully saturated rings. The molecule has 0 amide bonds. The predicted molar refractivity (Wildman–Crippen MR) is 89.2 cm³/mol. The number of rotatable bonds is 4. The van der Waals surface area contributed by atoms with Crippen LogP contribution >= 0.6 is 39.1 Å². The summed E-state index contributed by atoms with van der Waals surface area (Å²) in [5.41, 5.74) is 2.70. The van der Waals surface area contributed by atoms with Crippen molar-refractivity contribution >= 4 is 60.5 Å². The average molecular weight is 411 g/mol. The molecule has 5 nitrogen and oxygen atoms in total. The Morgan fingerprint density at radius 2 is 1.67 bits per heavy atom. The van der Waals surface area contributed by atoms with Crippen LogP contribution in [0.25, 0.3) is 0 Å². The zero-order valence-corrected chi connectivity index (χ0v) is 14.3. The minimum absolute atomic E-state index is 0.0115. The van der Waals surface area contributed by atoms with Crippen molar-refractivity contribution in [2.24, 2.45) is 5.84 Å². The Kier molecular flexibility index (Phi) is 5.00. The molecule has 0 aliphatic heterocycles. The zero-order chi connectivity index (χ0) is 15.6. The van der Waals surface area contributed by atoms with E-state index in [0.717, 1.165) is 0 Å². The lowest BCUT2D eigenvalue weighted by Crippen LogP contribution is -2.17. The lowest BCUT2D eigenvalue weighted by Gasteiger charge is -2.14. The Hall–Kier alpha value is -0.990. The van der Waals surface area contributed by atoms with E-state index in [-0.39, 0.29) is 26.3 Å². The molecule has 0 radical (unpaired) electrons. The van der Waals surface area contributed by atoms with Crippen LogP contribution in [0.2, 0.25) is 10.0 Å². The maximum Gasteiger partial charge on any atom is 0.264 e. The molecule has 0 unspecified atom stereocenters. The third-order valence-electron chi connectivity index (χ3n) is 2.58. The van der Waals surface area contributed by atoms with Crippen molar-refractivity contribution in [3.05, 3.63) is 50.9 Å². The summed E-state index contributed by atoms with van der Waals surface area (Å²) < 4.78 is 27.9. The summed E-state index contributed by atoms with van der Waals surface area (Å²) in [5.74, 6) is 5.32. The van der Waals surface area contributed by atoms with E-state index < -0.39 is 10.0 Å². The predicted octanol–water partition coefficient (Wildman–Crippen LogP) is 3.84. The second kappa shape index (κ2) is 6.41. The lowest BCUT2D eigenvalue weighted by atomic mass is 10.3. The first-order chi connectivity index (χ1) is 9.85. The van der Waals surface area contributed by atoms with E-state index in [0.29, 0.717) is 4.47 Å². The highest BCUT2D eigenvalue weighted by Gasteiger charge is 2.21. The number of hydrazine groups is 1. The third-order valence-corrected chi connectivity index (χ3v) is 5.04. The lowest BCUT2D eigenvalue weighted by molar-refractivity contribution is 0.601. The van der Waals surface area contributed by atoms with E-state index in [1.165, 1.54) is 6.07 Å². The van der Waals surface area contributed by atoms with Gasteiger partial charge in [0.05, 0.1) is 21.4 Å². The van der Waals surface area contributed by atoms with E-state index in [2.05, 4.69) is 26.1 Å². The van der Waals surface area contributed by atoms with Crippen molar-refractivity contribution in [3.8, 4) is 0 Å². The van der Waals surface area contributed by atoms with Gasteiger partial charge in [0.1, 0.15) is 4.90 Å². The Balaban J connectivity index is 2.48. The number of nitrogens with one attached hydrogen (secondary N) is 2. The number of benzene rings is 2. The molecule has 0 heterocycles. The van der Waals surface area contributed by atoms with Crippen LogP contribution in [-0.2, 0) is 10.0 Å². The minimum Gasteiger partial charge on any atom is -0.323 e. The second-order valence-corrected chi connectivity index (χ2v) is 7.37. The number of halogens is 3. The number of anilines is 2. The van der Waals surface area contributed by atoms with Gasteiger partial charge in [0.15, 0.2) is 0 Å². The second-order valence-electron chi connectivity index (χ2n) is 3.99. The van der Waals surface area contributed by atoms with Crippen molar-refractivity contribution in [2.45, 2.75) is 4.90 Å².